The van der Waals surface area contributed by atoms with E-state index < -0.39 is 16.9 Å². The predicted molar refractivity (Wildman–Crippen MR) is 78.1 cm³/mol. The maximum absolute atomic E-state index is 11.7. The Kier molecular flexibility index (Phi) is 4.75. The number of carbonyl (C=O) groups excluding carboxylic acids is 1. The van der Waals surface area contributed by atoms with Gasteiger partial charge in [-0.05, 0) is 11.6 Å². The van der Waals surface area contributed by atoms with Gasteiger partial charge in [-0.15, -0.1) is 0 Å². The second-order valence-corrected chi connectivity index (χ2v) is 5.07. The minimum atomic E-state index is -1.32. The van der Waals surface area contributed by atoms with Crippen molar-refractivity contribution < 1.29 is 14.8 Å². The molecule has 0 aliphatic heterocycles. The Hall–Kier alpha value is -2.58. The summed E-state index contributed by atoms with van der Waals surface area (Å²) in [5.41, 5.74) is 2.64. The van der Waals surface area contributed by atoms with Crippen LogP contribution in [0.1, 0.15) is 16.5 Å². The minimum Gasteiger partial charge on any atom is -0.378 e. The number of nitro groups is 1. The third-order valence-electron chi connectivity index (χ3n) is 2.52. The van der Waals surface area contributed by atoms with Gasteiger partial charge in [0, 0.05) is 6.07 Å². The van der Waals surface area contributed by atoms with E-state index in [1.54, 1.807) is 30.3 Å². The van der Waals surface area contributed by atoms with Crippen molar-refractivity contribution in [3.05, 3.63) is 63.0 Å². The van der Waals surface area contributed by atoms with E-state index in [1.807, 2.05) is 0 Å². The van der Waals surface area contributed by atoms with Crippen LogP contribution in [0.25, 0.3) is 0 Å². The zero-order valence-electron chi connectivity index (χ0n) is 10.7. The zero-order valence-corrected chi connectivity index (χ0v) is 11.5. The first-order valence-corrected chi connectivity index (χ1v) is 6.70. The van der Waals surface area contributed by atoms with Crippen LogP contribution in [0.15, 0.2) is 47.6 Å². The third kappa shape index (κ3) is 3.94. The fourth-order valence-corrected chi connectivity index (χ4v) is 2.21. The van der Waals surface area contributed by atoms with E-state index in [0.29, 0.717) is 10.4 Å². The van der Waals surface area contributed by atoms with E-state index >= 15 is 0 Å². The number of hydrogen-bond donors (Lipinski definition) is 2. The van der Waals surface area contributed by atoms with Crippen molar-refractivity contribution in [1.29, 1.82) is 0 Å². The summed E-state index contributed by atoms with van der Waals surface area (Å²) < 4.78 is 0. The molecule has 0 radical (unpaired) electrons. The van der Waals surface area contributed by atoms with Crippen molar-refractivity contribution in [2.24, 2.45) is 5.10 Å². The van der Waals surface area contributed by atoms with E-state index in [2.05, 4.69) is 10.5 Å². The largest absolute Gasteiger partial charge is 0.378 e. The summed E-state index contributed by atoms with van der Waals surface area (Å²) in [7, 11) is 0. The molecule has 0 spiro atoms. The summed E-state index contributed by atoms with van der Waals surface area (Å²) >= 11 is 0.935. The van der Waals surface area contributed by atoms with Crippen LogP contribution >= 0.6 is 11.3 Å². The molecular weight excluding hydrogens is 294 g/mol. The van der Waals surface area contributed by atoms with Crippen LogP contribution in [0.4, 0.5) is 5.00 Å². The average Bonchev–Trinajstić information content (AvgIpc) is 2.96. The van der Waals surface area contributed by atoms with Crippen LogP contribution in [-0.4, -0.2) is 22.2 Å². The molecule has 0 unspecified atom stereocenters. The number of nitrogens with zero attached hydrogens (tertiary/aromatic N) is 2. The van der Waals surface area contributed by atoms with Crippen molar-refractivity contribution in [2.75, 3.05) is 0 Å². The summed E-state index contributed by atoms with van der Waals surface area (Å²) in [5, 5.41) is 24.0. The monoisotopic (exact) mass is 305 g/mol. The predicted octanol–water partition coefficient (Wildman–Crippen LogP) is 1.84. The number of hydrazone groups is 1. The molecule has 0 bridgehead atoms. The lowest BCUT2D eigenvalue weighted by Gasteiger charge is -2.08. The average molecular weight is 305 g/mol. The topological polar surface area (TPSA) is 105 Å². The van der Waals surface area contributed by atoms with Crippen LogP contribution in [0, 0.1) is 10.1 Å². The van der Waals surface area contributed by atoms with Crippen LogP contribution in [0.5, 0.6) is 0 Å². The molecule has 2 N–H and O–H groups in total. The van der Waals surface area contributed by atoms with Gasteiger partial charge in [-0.2, -0.15) is 5.10 Å². The van der Waals surface area contributed by atoms with Crippen molar-refractivity contribution in [1.82, 2.24) is 5.43 Å². The summed E-state index contributed by atoms with van der Waals surface area (Å²) in [5.74, 6) is -0.677. The van der Waals surface area contributed by atoms with Gasteiger partial charge in [0.25, 0.3) is 5.91 Å². The van der Waals surface area contributed by atoms with Gasteiger partial charge in [0.15, 0.2) is 6.10 Å². The Bertz CT molecular complexity index is 669. The van der Waals surface area contributed by atoms with Gasteiger partial charge in [0.05, 0.1) is 16.0 Å². The fraction of sp³-hybridized carbons (Fsp3) is 0.0769. The van der Waals surface area contributed by atoms with Gasteiger partial charge in [-0.3, -0.25) is 14.9 Å². The molecule has 108 valence electrons. The molecule has 7 nitrogen and oxygen atoms in total. The number of benzene rings is 1. The molecule has 2 aromatic rings. The molecule has 8 heteroatoms. The number of aliphatic hydroxyl groups excluding tert-OH is 1. The van der Waals surface area contributed by atoms with Crippen molar-refractivity contribution in [3.63, 3.8) is 0 Å². The number of amides is 1. The molecule has 1 atom stereocenters. The Morgan fingerprint density at radius 3 is 2.67 bits per heavy atom. The highest BCUT2D eigenvalue weighted by Crippen LogP contribution is 2.22. The molecular formula is C13H11N3O4S. The summed E-state index contributed by atoms with van der Waals surface area (Å²) in [6.45, 7) is 0. The molecule has 1 amide bonds. The first kappa shape index (κ1) is 14.8. The smallest absolute Gasteiger partial charge is 0.324 e. The highest BCUT2D eigenvalue weighted by atomic mass is 32.1. The molecule has 1 aromatic heterocycles. The second kappa shape index (κ2) is 6.73. The Balaban J connectivity index is 1.94. The highest BCUT2D eigenvalue weighted by molar-refractivity contribution is 7.16. The normalized spacial score (nSPS) is 12.2. The maximum Gasteiger partial charge on any atom is 0.324 e. The zero-order chi connectivity index (χ0) is 15.2. The quantitative estimate of drug-likeness (QED) is 0.499. The van der Waals surface area contributed by atoms with E-state index in [9.17, 15) is 20.0 Å². The first-order valence-electron chi connectivity index (χ1n) is 5.88. The lowest BCUT2D eigenvalue weighted by Crippen LogP contribution is -2.25. The van der Waals surface area contributed by atoms with Gasteiger partial charge in [-0.1, -0.05) is 41.7 Å². The highest BCUT2D eigenvalue weighted by Gasteiger charge is 2.16. The van der Waals surface area contributed by atoms with Crippen LogP contribution in [0.3, 0.4) is 0 Å². The molecule has 21 heavy (non-hydrogen) atoms. The molecule has 1 aromatic carbocycles. The molecule has 0 aliphatic rings. The third-order valence-corrected chi connectivity index (χ3v) is 3.49. The van der Waals surface area contributed by atoms with Crippen molar-refractivity contribution in [3.8, 4) is 0 Å². The maximum atomic E-state index is 11.7. The Labute approximate surface area is 123 Å². The second-order valence-electron chi connectivity index (χ2n) is 3.98. The number of hydrogen-bond acceptors (Lipinski definition) is 6. The van der Waals surface area contributed by atoms with E-state index in [-0.39, 0.29) is 5.00 Å². The molecule has 0 saturated heterocycles. The SMILES string of the molecule is O=C(NN=Cc1ccc([N+](=O)[O-])s1)[C@H](O)c1ccccc1. The number of rotatable bonds is 5. The molecule has 2 rings (SSSR count). The van der Waals surface area contributed by atoms with Gasteiger partial charge < -0.3 is 5.11 Å². The van der Waals surface area contributed by atoms with E-state index in [1.165, 1.54) is 18.3 Å². The number of carbonyl (C=O) groups is 1. The molecule has 0 saturated carbocycles. The van der Waals surface area contributed by atoms with E-state index in [0.717, 1.165) is 11.3 Å². The number of thiophene rings is 1. The first-order chi connectivity index (χ1) is 10.1. The lowest BCUT2D eigenvalue weighted by molar-refractivity contribution is -0.380. The Morgan fingerprint density at radius 2 is 2.05 bits per heavy atom. The van der Waals surface area contributed by atoms with Gasteiger partial charge in [0.2, 0.25) is 0 Å². The number of nitrogens with one attached hydrogen (secondary N) is 1. The molecule has 1 heterocycles. The lowest BCUT2D eigenvalue weighted by atomic mass is 10.1. The number of aliphatic hydroxyl groups is 1. The van der Waals surface area contributed by atoms with Crippen molar-refractivity contribution >= 4 is 28.5 Å². The summed E-state index contributed by atoms with van der Waals surface area (Å²) in [4.78, 5) is 22.2. The molecule has 0 fully saturated rings. The van der Waals surface area contributed by atoms with E-state index in [4.69, 9.17) is 0 Å². The molecule has 0 aliphatic carbocycles. The summed E-state index contributed by atoms with van der Waals surface area (Å²) in [6, 6.07) is 11.3. The minimum absolute atomic E-state index is 0.00732. The van der Waals surface area contributed by atoms with Gasteiger partial charge >= 0.3 is 5.00 Å². The Morgan fingerprint density at radius 1 is 1.33 bits per heavy atom. The summed E-state index contributed by atoms with van der Waals surface area (Å²) in [6.07, 6.45) is -0.0335. The van der Waals surface area contributed by atoms with Gasteiger partial charge in [-0.25, -0.2) is 5.43 Å². The van der Waals surface area contributed by atoms with Crippen LogP contribution in [-0.2, 0) is 4.79 Å². The van der Waals surface area contributed by atoms with Crippen LogP contribution in [0.2, 0.25) is 0 Å². The van der Waals surface area contributed by atoms with Crippen molar-refractivity contribution in [2.45, 2.75) is 6.10 Å². The van der Waals surface area contributed by atoms with Gasteiger partial charge in [0.1, 0.15) is 0 Å². The fourth-order valence-electron chi connectivity index (χ4n) is 1.52. The van der Waals surface area contributed by atoms with Crippen LogP contribution < -0.4 is 5.43 Å². The standard InChI is InChI=1S/C13H11N3O4S/c17-12(9-4-2-1-3-5-9)13(18)15-14-8-10-6-7-11(21-10)16(19)20/h1-8,12,17H,(H,15,18)/t12-/m1/s1.